The van der Waals surface area contributed by atoms with E-state index in [4.69, 9.17) is 23.2 Å². The first-order valence-corrected chi connectivity index (χ1v) is 11.8. The van der Waals surface area contributed by atoms with Crippen LogP contribution in [0.1, 0.15) is 23.6 Å². The lowest BCUT2D eigenvalue weighted by Crippen LogP contribution is -2.40. The second-order valence-electron chi connectivity index (χ2n) is 7.32. The van der Waals surface area contributed by atoms with Gasteiger partial charge in [0.1, 0.15) is 5.76 Å². The monoisotopic (exact) mass is 465 g/mol. The Morgan fingerprint density at radius 2 is 1.53 bits per heavy atom. The maximum atomic E-state index is 13.0. The number of benzene rings is 2. The molecule has 2 fully saturated rings. The fraction of sp³-hybridized carbons (Fsp3) is 0.238. The molecule has 9 heteroatoms. The van der Waals surface area contributed by atoms with E-state index in [9.17, 15) is 23.1 Å². The summed E-state index contributed by atoms with van der Waals surface area (Å²) >= 11 is 11.9. The van der Waals surface area contributed by atoms with Gasteiger partial charge in [-0.05, 0) is 48.4 Å². The summed E-state index contributed by atoms with van der Waals surface area (Å²) in [7, 11) is -3.30. The van der Waals surface area contributed by atoms with Crippen LogP contribution in [0.5, 0.6) is 0 Å². The number of Topliss-reactive ketones (excluding diaryl/α,β-unsaturated/α-hetero) is 1. The largest absolute Gasteiger partial charge is 0.507 e. The second kappa shape index (κ2) is 7.72. The normalized spacial score (nSPS) is 25.1. The molecule has 156 valence electrons. The molecule has 2 atom stereocenters. The molecule has 2 aliphatic heterocycles. The Balaban J connectivity index is 1.88. The highest BCUT2D eigenvalue weighted by Gasteiger charge is 2.50. The van der Waals surface area contributed by atoms with Crippen molar-refractivity contribution in [1.29, 1.82) is 0 Å². The number of likely N-dealkylation sites (tertiary alicyclic amines) is 1. The van der Waals surface area contributed by atoms with Gasteiger partial charge in [-0.25, -0.2) is 8.42 Å². The third-order valence-corrected chi connectivity index (χ3v) is 7.64. The SMILES string of the molecule is O=C1C(=O)N([C@H]2CCS(=O)(=O)C2)[C@@H](c2ccc(Cl)cc2)/C1=C(\O)c1ccc(Cl)cc1. The van der Waals surface area contributed by atoms with E-state index in [2.05, 4.69) is 0 Å². The fourth-order valence-corrected chi connectivity index (χ4v) is 5.92. The Morgan fingerprint density at radius 1 is 0.967 bits per heavy atom. The molecule has 0 aliphatic carbocycles. The molecule has 6 nitrogen and oxygen atoms in total. The number of nitrogens with zero attached hydrogens (tertiary/aromatic N) is 1. The Hall–Kier alpha value is -2.35. The van der Waals surface area contributed by atoms with Crippen LogP contribution in [-0.4, -0.2) is 47.7 Å². The van der Waals surface area contributed by atoms with Crippen molar-refractivity contribution in [2.24, 2.45) is 0 Å². The van der Waals surface area contributed by atoms with Gasteiger partial charge in [-0.2, -0.15) is 0 Å². The molecule has 4 rings (SSSR count). The maximum Gasteiger partial charge on any atom is 0.295 e. The van der Waals surface area contributed by atoms with Crippen LogP contribution in [0.3, 0.4) is 0 Å². The van der Waals surface area contributed by atoms with E-state index in [1.807, 2.05) is 0 Å². The van der Waals surface area contributed by atoms with Crippen molar-refractivity contribution in [1.82, 2.24) is 4.90 Å². The van der Waals surface area contributed by atoms with Gasteiger partial charge in [0.25, 0.3) is 11.7 Å². The minimum absolute atomic E-state index is 0.0504. The summed E-state index contributed by atoms with van der Waals surface area (Å²) in [5, 5.41) is 11.9. The first-order chi connectivity index (χ1) is 14.2. The van der Waals surface area contributed by atoms with E-state index in [0.717, 1.165) is 0 Å². The van der Waals surface area contributed by atoms with E-state index in [0.29, 0.717) is 21.2 Å². The van der Waals surface area contributed by atoms with Crippen LogP contribution in [-0.2, 0) is 19.4 Å². The summed E-state index contributed by atoms with van der Waals surface area (Å²) in [4.78, 5) is 27.2. The van der Waals surface area contributed by atoms with Crippen LogP contribution in [0.25, 0.3) is 5.76 Å². The first-order valence-electron chi connectivity index (χ1n) is 9.20. The zero-order chi connectivity index (χ0) is 21.6. The van der Waals surface area contributed by atoms with Crippen molar-refractivity contribution < 1.29 is 23.1 Å². The number of ketones is 1. The van der Waals surface area contributed by atoms with E-state index >= 15 is 0 Å². The minimum Gasteiger partial charge on any atom is -0.507 e. The maximum absolute atomic E-state index is 13.0. The van der Waals surface area contributed by atoms with E-state index in [1.165, 1.54) is 4.90 Å². The zero-order valence-electron chi connectivity index (χ0n) is 15.6. The van der Waals surface area contributed by atoms with Crippen LogP contribution >= 0.6 is 23.2 Å². The van der Waals surface area contributed by atoms with Crippen LogP contribution in [0.4, 0.5) is 0 Å². The topological polar surface area (TPSA) is 91.8 Å². The lowest BCUT2D eigenvalue weighted by molar-refractivity contribution is -0.141. The van der Waals surface area contributed by atoms with Crippen LogP contribution < -0.4 is 0 Å². The Kier molecular flexibility index (Phi) is 5.38. The van der Waals surface area contributed by atoms with Gasteiger partial charge in [-0.1, -0.05) is 35.3 Å². The number of sulfone groups is 1. The van der Waals surface area contributed by atoms with Gasteiger partial charge in [0, 0.05) is 21.7 Å². The minimum atomic E-state index is -3.30. The molecule has 2 aromatic rings. The van der Waals surface area contributed by atoms with Crippen LogP contribution in [0.15, 0.2) is 54.1 Å². The average molecular weight is 466 g/mol. The molecule has 30 heavy (non-hydrogen) atoms. The third-order valence-electron chi connectivity index (χ3n) is 5.39. The van der Waals surface area contributed by atoms with Crippen molar-refractivity contribution in [3.8, 4) is 0 Å². The molecule has 2 heterocycles. The Bertz CT molecular complexity index is 1160. The van der Waals surface area contributed by atoms with Gasteiger partial charge in [-0.15, -0.1) is 0 Å². The molecule has 0 saturated carbocycles. The fourth-order valence-electron chi connectivity index (χ4n) is 3.96. The van der Waals surface area contributed by atoms with Gasteiger partial charge in [-0.3, -0.25) is 9.59 Å². The molecule has 2 saturated heterocycles. The van der Waals surface area contributed by atoms with Crippen molar-refractivity contribution in [3.05, 3.63) is 75.3 Å². The number of carbonyl (C=O) groups excluding carboxylic acids is 2. The molecule has 0 aromatic heterocycles. The molecular formula is C21H17Cl2NO5S. The number of halogens is 2. The number of hydrogen-bond donors (Lipinski definition) is 1. The van der Waals surface area contributed by atoms with E-state index < -0.39 is 33.6 Å². The molecule has 1 amide bonds. The summed E-state index contributed by atoms with van der Waals surface area (Å²) in [5.74, 6) is -2.29. The quantitative estimate of drug-likeness (QED) is 0.424. The number of aliphatic hydroxyl groups excluding tert-OH is 1. The van der Waals surface area contributed by atoms with E-state index in [-0.39, 0.29) is 29.3 Å². The van der Waals surface area contributed by atoms with Crippen molar-refractivity contribution in [2.45, 2.75) is 18.5 Å². The standard InChI is InChI=1S/C21H17Cl2NO5S/c22-14-5-1-12(2-6-14)18-17(19(25)13-3-7-15(23)8-4-13)20(26)21(27)24(18)16-9-10-30(28,29)11-16/h1-8,16,18,25H,9-11H2/b19-17+/t16-,18-/m0/s1. The lowest BCUT2D eigenvalue weighted by atomic mass is 9.95. The molecule has 0 spiro atoms. The summed E-state index contributed by atoms with van der Waals surface area (Å²) < 4.78 is 24.1. The summed E-state index contributed by atoms with van der Waals surface area (Å²) in [6, 6.07) is 11.2. The molecule has 0 radical (unpaired) electrons. The molecule has 0 unspecified atom stereocenters. The first kappa shape index (κ1) is 20.9. The highest BCUT2D eigenvalue weighted by atomic mass is 35.5. The molecule has 1 N–H and O–H groups in total. The van der Waals surface area contributed by atoms with Crippen LogP contribution in [0, 0.1) is 0 Å². The molecule has 2 aliphatic rings. The van der Waals surface area contributed by atoms with Crippen LogP contribution in [0.2, 0.25) is 10.0 Å². The van der Waals surface area contributed by atoms with Gasteiger partial charge in [0.2, 0.25) is 0 Å². The van der Waals surface area contributed by atoms with Crippen molar-refractivity contribution >= 4 is 50.5 Å². The predicted molar refractivity (Wildman–Crippen MR) is 114 cm³/mol. The Morgan fingerprint density at radius 3 is 2.07 bits per heavy atom. The smallest absolute Gasteiger partial charge is 0.295 e. The highest BCUT2D eigenvalue weighted by molar-refractivity contribution is 7.91. The molecule has 2 aromatic carbocycles. The van der Waals surface area contributed by atoms with Gasteiger partial charge in [0.15, 0.2) is 9.84 Å². The number of carbonyl (C=O) groups is 2. The van der Waals surface area contributed by atoms with Gasteiger partial charge in [0.05, 0.1) is 23.1 Å². The highest BCUT2D eigenvalue weighted by Crippen LogP contribution is 2.42. The summed E-state index contributed by atoms with van der Waals surface area (Å²) in [6.45, 7) is 0. The van der Waals surface area contributed by atoms with Crippen molar-refractivity contribution in [3.63, 3.8) is 0 Å². The number of amides is 1. The third kappa shape index (κ3) is 3.73. The number of aliphatic hydroxyl groups is 1. The Labute approximate surface area is 183 Å². The summed E-state index contributed by atoms with van der Waals surface area (Å²) in [5.41, 5.74) is 0.794. The number of rotatable bonds is 3. The lowest BCUT2D eigenvalue weighted by Gasteiger charge is -2.30. The van der Waals surface area contributed by atoms with Crippen molar-refractivity contribution in [2.75, 3.05) is 11.5 Å². The van der Waals surface area contributed by atoms with Gasteiger partial charge >= 0.3 is 0 Å². The average Bonchev–Trinajstić information content (AvgIpc) is 3.19. The molecule has 0 bridgehead atoms. The second-order valence-corrected chi connectivity index (χ2v) is 10.4. The zero-order valence-corrected chi connectivity index (χ0v) is 17.9. The van der Waals surface area contributed by atoms with E-state index in [1.54, 1.807) is 48.5 Å². The molecular weight excluding hydrogens is 449 g/mol. The summed E-state index contributed by atoms with van der Waals surface area (Å²) in [6.07, 6.45) is 0.237. The predicted octanol–water partition coefficient (Wildman–Crippen LogP) is 3.60. The number of hydrogen-bond acceptors (Lipinski definition) is 5. The van der Waals surface area contributed by atoms with Gasteiger partial charge < -0.3 is 10.0 Å².